The second-order valence-electron chi connectivity index (χ2n) is 5.49. The highest BCUT2D eigenvalue weighted by Gasteiger charge is 2.22. The van der Waals surface area contributed by atoms with E-state index in [4.69, 9.17) is 11.6 Å². The van der Waals surface area contributed by atoms with Crippen molar-refractivity contribution in [2.24, 2.45) is 10.8 Å². The number of aromatic nitrogens is 3. The number of thiophene rings is 1. The molecule has 0 N–H and O–H groups in total. The normalized spacial score (nSPS) is 14.1. The first-order valence-electron chi connectivity index (χ1n) is 7.41. The summed E-state index contributed by atoms with van der Waals surface area (Å²) in [5.74, 6) is 0.556. The molecule has 12 heteroatoms. The van der Waals surface area contributed by atoms with Gasteiger partial charge in [0.25, 0.3) is 10.0 Å². The minimum Gasteiger partial charge on any atom is -0.305 e. The van der Waals surface area contributed by atoms with E-state index in [1.165, 1.54) is 36.2 Å². The van der Waals surface area contributed by atoms with Crippen LogP contribution in [0, 0.1) is 0 Å². The molecule has 144 valence electrons. The number of thioether (sulfide) groups is 1. The smallest absolute Gasteiger partial charge is 0.299 e. The zero-order valence-electron chi connectivity index (χ0n) is 14.5. The lowest BCUT2D eigenvalue weighted by Crippen LogP contribution is -2.03. The van der Waals surface area contributed by atoms with Crippen molar-refractivity contribution in [1.29, 1.82) is 0 Å². The van der Waals surface area contributed by atoms with Gasteiger partial charge in [0, 0.05) is 23.2 Å². The molecule has 27 heavy (non-hydrogen) atoms. The highest BCUT2D eigenvalue weighted by atomic mass is 35.5. The summed E-state index contributed by atoms with van der Waals surface area (Å²) < 4.78 is 43.6. The summed E-state index contributed by atoms with van der Waals surface area (Å²) in [6.45, 7) is 0. The van der Waals surface area contributed by atoms with Crippen molar-refractivity contribution in [3.8, 4) is 10.7 Å². The maximum Gasteiger partial charge on any atom is 0.299 e. The second kappa shape index (κ2) is 7.55. The van der Waals surface area contributed by atoms with Gasteiger partial charge in [-0.2, -0.15) is 8.42 Å². The molecule has 2 aromatic heterocycles. The number of halogens is 1. The van der Waals surface area contributed by atoms with Gasteiger partial charge in [0.15, 0.2) is 11.0 Å². The van der Waals surface area contributed by atoms with Gasteiger partial charge in [-0.05, 0) is 42.7 Å². The summed E-state index contributed by atoms with van der Waals surface area (Å²) in [5.41, 5.74) is 0. The summed E-state index contributed by atoms with van der Waals surface area (Å²) in [4.78, 5) is 0.929. The van der Waals surface area contributed by atoms with Crippen LogP contribution >= 0.6 is 34.7 Å². The van der Waals surface area contributed by atoms with Crippen molar-refractivity contribution in [1.82, 2.24) is 14.8 Å². The van der Waals surface area contributed by atoms with Gasteiger partial charge in [-0.1, -0.05) is 23.4 Å². The molecule has 2 heterocycles. The minimum absolute atomic E-state index is 0.00487. The van der Waals surface area contributed by atoms with Crippen molar-refractivity contribution < 1.29 is 12.6 Å². The molecule has 0 spiro atoms. The lowest BCUT2D eigenvalue weighted by atomic mass is 10.4. The molecular weight excluding hydrogens is 448 g/mol. The van der Waals surface area contributed by atoms with Crippen LogP contribution in [0.3, 0.4) is 0 Å². The molecule has 3 aromatic rings. The molecular formula is C15H15ClN4O3S4. The van der Waals surface area contributed by atoms with Gasteiger partial charge in [-0.3, -0.25) is 0 Å². The van der Waals surface area contributed by atoms with Crippen molar-refractivity contribution in [2.75, 3.05) is 12.5 Å². The Labute approximate surface area is 171 Å². The van der Waals surface area contributed by atoms with Crippen LogP contribution in [0.1, 0.15) is 0 Å². The lowest BCUT2D eigenvalue weighted by molar-refractivity contribution is 0.600. The van der Waals surface area contributed by atoms with E-state index in [-0.39, 0.29) is 4.21 Å². The molecule has 1 aromatic carbocycles. The van der Waals surface area contributed by atoms with Crippen LogP contribution < -0.4 is 0 Å². The van der Waals surface area contributed by atoms with Gasteiger partial charge in [0.2, 0.25) is 0 Å². The summed E-state index contributed by atoms with van der Waals surface area (Å²) in [6, 6.07) is 9.18. The molecule has 0 amide bonds. The molecule has 0 radical (unpaired) electrons. The fourth-order valence-corrected chi connectivity index (χ4v) is 7.59. The SMILES string of the molecule is CSc1nnc(-c2ccc(S(=O)(=O)N=[S@@](C)(=O)c3ccc(Cl)cc3)s2)n1C. The minimum atomic E-state index is -4.10. The van der Waals surface area contributed by atoms with E-state index in [9.17, 15) is 12.6 Å². The zero-order valence-corrected chi connectivity index (χ0v) is 18.5. The van der Waals surface area contributed by atoms with Crippen molar-refractivity contribution in [3.05, 3.63) is 41.4 Å². The Morgan fingerprint density at radius 1 is 1.11 bits per heavy atom. The largest absolute Gasteiger partial charge is 0.305 e. The monoisotopic (exact) mass is 462 g/mol. The third kappa shape index (κ3) is 4.21. The van der Waals surface area contributed by atoms with Gasteiger partial charge in [0.05, 0.1) is 14.6 Å². The van der Waals surface area contributed by atoms with E-state index in [1.54, 1.807) is 29.8 Å². The molecule has 0 saturated heterocycles. The van der Waals surface area contributed by atoms with Crippen LogP contribution in [0.15, 0.2) is 54.4 Å². The average molecular weight is 463 g/mol. The van der Waals surface area contributed by atoms with Crippen molar-refractivity contribution >= 4 is 54.5 Å². The molecule has 0 aliphatic rings. The quantitative estimate of drug-likeness (QED) is 0.535. The topological polar surface area (TPSA) is 94.3 Å². The van der Waals surface area contributed by atoms with E-state index in [0.29, 0.717) is 25.8 Å². The van der Waals surface area contributed by atoms with E-state index in [2.05, 4.69) is 14.0 Å². The number of sulfonamides is 1. The highest BCUT2D eigenvalue weighted by Crippen LogP contribution is 2.32. The third-order valence-corrected chi connectivity index (χ3v) is 10.0. The number of rotatable bonds is 5. The third-order valence-electron chi connectivity index (χ3n) is 3.56. The summed E-state index contributed by atoms with van der Waals surface area (Å²) in [7, 11) is -5.45. The Morgan fingerprint density at radius 3 is 2.37 bits per heavy atom. The Bertz CT molecular complexity index is 1210. The molecule has 1 atom stereocenters. The van der Waals surface area contributed by atoms with Gasteiger partial charge in [0.1, 0.15) is 4.21 Å². The Balaban J connectivity index is 2.01. The summed E-state index contributed by atoms with van der Waals surface area (Å²) in [5, 5.41) is 9.31. The maximum absolute atomic E-state index is 12.8. The van der Waals surface area contributed by atoms with Crippen LogP contribution in [0.25, 0.3) is 10.7 Å². The maximum atomic E-state index is 12.8. The first-order valence-corrected chi connectivity index (χ1v) is 13.2. The fraction of sp³-hybridized carbons (Fsp3) is 0.200. The second-order valence-corrected chi connectivity index (χ2v) is 12.1. The van der Waals surface area contributed by atoms with Crippen LogP contribution in [0.5, 0.6) is 0 Å². The molecule has 0 fully saturated rings. The standard InChI is InChI=1S/C15H15ClN4O3S4/c1-20-14(17-18-15(20)24-2)12-8-9-13(25-12)27(22,23)19-26(3,21)11-6-4-10(16)5-7-11/h4-9H,1-3H3/t26-/m0/s1. The van der Waals surface area contributed by atoms with Gasteiger partial charge >= 0.3 is 0 Å². The molecule has 7 nitrogen and oxygen atoms in total. The Morgan fingerprint density at radius 2 is 1.78 bits per heavy atom. The van der Waals surface area contributed by atoms with E-state index in [1.807, 2.05) is 6.26 Å². The Kier molecular flexibility index (Phi) is 5.69. The van der Waals surface area contributed by atoms with Gasteiger partial charge in [-0.25, -0.2) is 4.21 Å². The molecule has 0 aliphatic carbocycles. The Hall–Kier alpha value is -1.40. The van der Waals surface area contributed by atoms with Crippen molar-refractivity contribution in [2.45, 2.75) is 14.3 Å². The molecule has 0 bridgehead atoms. The van der Waals surface area contributed by atoms with Gasteiger partial charge < -0.3 is 4.57 Å². The highest BCUT2D eigenvalue weighted by molar-refractivity contribution is 8.03. The van der Waals surface area contributed by atoms with Crippen LogP contribution in [0.2, 0.25) is 5.02 Å². The first-order chi connectivity index (χ1) is 12.6. The molecule has 0 aliphatic heterocycles. The van der Waals surface area contributed by atoms with E-state index in [0.717, 1.165) is 11.3 Å². The van der Waals surface area contributed by atoms with Gasteiger partial charge in [-0.15, -0.1) is 25.3 Å². The van der Waals surface area contributed by atoms with Crippen LogP contribution in [0.4, 0.5) is 0 Å². The summed E-state index contributed by atoms with van der Waals surface area (Å²) >= 11 is 8.27. The van der Waals surface area contributed by atoms with E-state index >= 15 is 0 Å². The van der Waals surface area contributed by atoms with E-state index < -0.39 is 19.8 Å². The predicted molar refractivity (Wildman–Crippen MR) is 109 cm³/mol. The average Bonchev–Trinajstić information content (AvgIpc) is 3.21. The molecule has 0 unspecified atom stereocenters. The lowest BCUT2D eigenvalue weighted by Gasteiger charge is -2.04. The number of nitrogens with zero attached hydrogens (tertiary/aromatic N) is 4. The first kappa shape index (κ1) is 20.3. The zero-order chi connectivity index (χ0) is 19.8. The van der Waals surface area contributed by atoms with Crippen LogP contribution in [-0.4, -0.2) is 39.9 Å². The number of hydrogen-bond donors (Lipinski definition) is 0. The fourth-order valence-electron chi connectivity index (χ4n) is 2.24. The summed E-state index contributed by atoms with van der Waals surface area (Å²) in [6.07, 6.45) is 3.17. The molecule has 0 saturated carbocycles. The number of hydrogen-bond acceptors (Lipinski definition) is 7. The van der Waals surface area contributed by atoms with Crippen LogP contribution in [-0.2, 0) is 26.8 Å². The number of benzene rings is 1. The van der Waals surface area contributed by atoms with Crippen molar-refractivity contribution in [3.63, 3.8) is 0 Å². The molecule has 3 rings (SSSR count). The predicted octanol–water partition coefficient (Wildman–Crippen LogP) is 3.76.